The maximum Gasteiger partial charge on any atom is 0.0540 e. The monoisotopic (exact) mass is 794 g/mol. The largest absolute Gasteiger partial charge is 0.310 e. The van der Waals surface area contributed by atoms with E-state index in [1.54, 1.807) is 0 Å². The number of hydrogen-bond donors (Lipinski definition) is 0. The van der Waals surface area contributed by atoms with Gasteiger partial charge in [-0.3, -0.25) is 0 Å². The van der Waals surface area contributed by atoms with Crippen LogP contribution in [-0.4, -0.2) is 0 Å². The Balaban J connectivity index is 1.01. The first kappa shape index (κ1) is 36.4. The van der Waals surface area contributed by atoms with Crippen molar-refractivity contribution in [1.82, 2.24) is 0 Å². The second kappa shape index (κ2) is 13.5. The van der Waals surface area contributed by atoms with Crippen LogP contribution in [0.2, 0.25) is 0 Å². The fraction of sp³-hybridized carbons (Fsp3) is 0.100. The van der Waals surface area contributed by atoms with E-state index in [0.717, 1.165) is 28.4 Å². The highest BCUT2D eigenvalue weighted by Gasteiger charge is 2.41. The molecule has 0 N–H and O–H groups in total. The van der Waals surface area contributed by atoms with Gasteiger partial charge in [-0.15, -0.1) is 0 Å². The van der Waals surface area contributed by atoms with Crippen LogP contribution in [0.5, 0.6) is 0 Å². The second-order valence-electron chi connectivity index (χ2n) is 18.2. The Morgan fingerprint density at radius 3 is 1.39 bits per heavy atom. The zero-order valence-corrected chi connectivity index (χ0v) is 35.5. The van der Waals surface area contributed by atoms with Gasteiger partial charge in [0.2, 0.25) is 0 Å². The summed E-state index contributed by atoms with van der Waals surface area (Å²) in [6.45, 7) is 9.68. The van der Waals surface area contributed by atoms with Gasteiger partial charge in [-0.1, -0.05) is 155 Å². The molecule has 2 aliphatic carbocycles. The fourth-order valence-electron chi connectivity index (χ4n) is 10.8. The van der Waals surface area contributed by atoms with Crippen molar-refractivity contribution >= 4 is 66.4 Å². The lowest BCUT2D eigenvalue weighted by Crippen LogP contribution is -2.25. The number of anilines is 6. The van der Waals surface area contributed by atoms with E-state index in [0.29, 0.717) is 0 Å². The summed E-state index contributed by atoms with van der Waals surface area (Å²) in [6, 6.07) is 76.5. The minimum Gasteiger partial charge on any atom is -0.310 e. The summed E-state index contributed by atoms with van der Waals surface area (Å²) >= 11 is 0. The Morgan fingerprint density at radius 2 is 0.758 bits per heavy atom. The van der Waals surface area contributed by atoms with Gasteiger partial charge in [-0.05, 0) is 150 Å². The van der Waals surface area contributed by atoms with E-state index in [9.17, 15) is 0 Å². The molecule has 0 aromatic heterocycles. The Kier molecular flexibility index (Phi) is 7.96. The standard InChI is InChI=1S/C60H46N2/c1-59(2)53-25-15-24-50-57(62(44-22-9-6-10-23-44)46-29-27-40-17-12-14-19-42(40)35-46)33-32-49(58(50)53)52-38-55-51(37-56(52)59)48-31-30-47(36-54(48)60(55,3)4)61(43-20-7-5-8-21-43)45-28-26-39-16-11-13-18-41(39)34-45/h5-38H,1-4H3. The SMILES string of the molecule is CC1(C)c2cc(N(c3ccccc3)c3ccc4ccccc4c3)ccc2-c2cc3c(cc21)-c1ccc(N(c2ccccc2)c2ccc4ccccc4c2)c2cccc(c12)C3(C)C. The highest BCUT2D eigenvalue weighted by Crippen LogP contribution is 2.57. The first-order chi connectivity index (χ1) is 30.3. The molecule has 12 rings (SSSR count). The van der Waals surface area contributed by atoms with Crippen molar-refractivity contribution < 1.29 is 0 Å². The Bertz CT molecular complexity index is 3410. The number of para-hydroxylation sites is 2. The van der Waals surface area contributed by atoms with Crippen molar-refractivity contribution in [2.75, 3.05) is 9.80 Å². The number of hydrogen-bond acceptors (Lipinski definition) is 2. The number of rotatable bonds is 6. The van der Waals surface area contributed by atoms with Gasteiger partial charge in [0.05, 0.1) is 5.69 Å². The third-order valence-corrected chi connectivity index (χ3v) is 14.0. The summed E-state index contributed by atoms with van der Waals surface area (Å²) in [5.41, 5.74) is 17.3. The molecule has 0 saturated heterocycles. The zero-order chi connectivity index (χ0) is 41.7. The summed E-state index contributed by atoms with van der Waals surface area (Å²) < 4.78 is 0. The summed E-state index contributed by atoms with van der Waals surface area (Å²) in [5.74, 6) is 0. The van der Waals surface area contributed by atoms with Crippen molar-refractivity contribution in [3.8, 4) is 22.3 Å². The van der Waals surface area contributed by atoms with Gasteiger partial charge in [0.15, 0.2) is 0 Å². The van der Waals surface area contributed by atoms with Crippen molar-refractivity contribution in [3.05, 3.63) is 229 Å². The average molecular weight is 795 g/mol. The summed E-state index contributed by atoms with van der Waals surface area (Å²) in [7, 11) is 0. The quantitative estimate of drug-likeness (QED) is 0.165. The molecule has 0 saturated carbocycles. The number of nitrogens with zero attached hydrogens (tertiary/aromatic N) is 2. The Morgan fingerprint density at radius 1 is 0.290 bits per heavy atom. The summed E-state index contributed by atoms with van der Waals surface area (Å²) in [5, 5.41) is 7.56. The molecule has 0 unspecified atom stereocenters. The first-order valence-corrected chi connectivity index (χ1v) is 21.8. The van der Waals surface area contributed by atoms with Crippen LogP contribution < -0.4 is 9.80 Å². The van der Waals surface area contributed by atoms with Gasteiger partial charge < -0.3 is 9.80 Å². The summed E-state index contributed by atoms with van der Waals surface area (Å²) in [6.07, 6.45) is 0. The van der Waals surface area contributed by atoms with E-state index in [1.165, 1.54) is 82.5 Å². The van der Waals surface area contributed by atoms with Crippen LogP contribution in [0.15, 0.2) is 206 Å². The van der Waals surface area contributed by atoms with Gasteiger partial charge >= 0.3 is 0 Å². The molecule has 2 nitrogen and oxygen atoms in total. The predicted molar refractivity (Wildman–Crippen MR) is 263 cm³/mol. The van der Waals surface area contributed by atoms with Crippen LogP contribution in [0.25, 0.3) is 54.6 Å². The van der Waals surface area contributed by atoms with Crippen LogP contribution in [-0.2, 0) is 10.8 Å². The van der Waals surface area contributed by atoms with E-state index in [4.69, 9.17) is 0 Å². The summed E-state index contributed by atoms with van der Waals surface area (Å²) in [4.78, 5) is 4.85. The Hall–Kier alpha value is -7.42. The lowest BCUT2D eigenvalue weighted by Gasteiger charge is -2.37. The number of benzene rings is 10. The molecule has 0 spiro atoms. The molecule has 10 aromatic rings. The van der Waals surface area contributed by atoms with Gasteiger partial charge in [0.1, 0.15) is 0 Å². The molecule has 0 radical (unpaired) electrons. The lowest BCUT2D eigenvalue weighted by atomic mass is 9.67. The third-order valence-electron chi connectivity index (χ3n) is 14.0. The minimum atomic E-state index is -0.233. The van der Waals surface area contributed by atoms with Crippen molar-refractivity contribution in [2.45, 2.75) is 38.5 Å². The van der Waals surface area contributed by atoms with Crippen molar-refractivity contribution in [1.29, 1.82) is 0 Å². The van der Waals surface area contributed by atoms with Crippen LogP contribution in [0, 0.1) is 0 Å². The maximum atomic E-state index is 2.55. The molecule has 0 aliphatic heterocycles. The number of fused-ring (bicyclic) bond motifs is 7. The van der Waals surface area contributed by atoms with Crippen LogP contribution in [0.3, 0.4) is 0 Å². The first-order valence-electron chi connectivity index (χ1n) is 21.8. The molecule has 0 fully saturated rings. The van der Waals surface area contributed by atoms with Crippen LogP contribution >= 0.6 is 0 Å². The molecule has 0 bridgehead atoms. The molecular formula is C60H46N2. The average Bonchev–Trinajstić information content (AvgIpc) is 3.53. The highest BCUT2D eigenvalue weighted by atomic mass is 15.1. The molecular weight excluding hydrogens is 749 g/mol. The van der Waals surface area contributed by atoms with Crippen LogP contribution in [0.1, 0.15) is 49.9 Å². The normalized spacial score (nSPS) is 14.1. The maximum absolute atomic E-state index is 2.55. The van der Waals surface area contributed by atoms with E-state index in [1.807, 2.05) is 0 Å². The predicted octanol–water partition coefficient (Wildman–Crippen LogP) is 16.7. The topological polar surface area (TPSA) is 6.48 Å². The highest BCUT2D eigenvalue weighted by molar-refractivity contribution is 6.11. The van der Waals surface area contributed by atoms with Gasteiger partial charge in [0, 0.05) is 44.7 Å². The van der Waals surface area contributed by atoms with E-state index in [2.05, 4.69) is 244 Å². The smallest absolute Gasteiger partial charge is 0.0540 e. The molecule has 2 heteroatoms. The van der Waals surface area contributed by atoms with E-state index < -0.39 is 0 Å². The molecule has 2 aliphatic rings. The molecule has 0 atom stereocenters. The Labute approximate surface area is 364 Å². The van der Waals surface area contributed by atoms with Crippen molar-refractivity contribution in [3.63, 3.8) is 0 Å². The lowest BCUT2D eigenvalue weighted by molar-refractivity contribution is 0.639. The molecule has 296 valence electrons. The van der Waals surface area contributed by atoms with Gasteiger partial charge in [0.25, 0.3) is 0 Å². The fourth-order valence-corrected chi connectivity index (χ4v) is 10.8. The van der Waals surface area contributed by atoms with E-state index >= 15 is 0 Å². The zero-order valence-electron chi connectivity index (χ0n) is 35.5. The van der Waals surface area contributed by atoms with Crippen molar-refractivity contribution in [2.24, 2.45) is 0 Å². The van der Waals surface area contributed by atoms with Gasteiger partial charge in [-0.2, -0.15) is 0 Å². The second-order valence-corrected chi connectivity index (χ2v) is 18.2. The van der Waals surface area contributed by atoms with E-state index in [-0.39, 0.29) is 10.8 Å². The molecule has 0 heterocycles. The van der Waals surface area contributed by atoms with Gasteiger partial charge in [-0.25, -0.2) is 0 Å². The minimum absolute atomic E-state index is 0.220. The molecule has 62 heavy (non-hydrogen) atoms. The van der Waals surface area contributed by atoms with Crippen LogP contribution in [0.4, 0.5) is 34.1 Å². The molecule has 10 aromatic carbocycles. The molecule has 0 amide bonds. The third kappa shape index (κ3) is 5.43.